The molecule has 0 aromatic heterocycles. The molecule has 0 heterocycles. The van der Waals surface area contributed by atoms with Crippen LogP contribution in [-0.4, -0.2) is 12.6 Å². The van der Waals surface area contributed by atoms with Crippen molar-refractivity contribution in [3.63, 3.8) is 0 Å². The molecule has 0 saturated carbocycles. The van der Waals surface area contributed by atoms with Crippen LogP contribution in [0.15, 0.2) is 0 Å². The fourth-order valence-electron chi connectivity index (χ4n) is 0.483. The van der Waals surface area contributed by atoms with Crippen LogP contribution in [-0.2, 0) is 4.79 Å². The summed E-state index contributed by atoms with van der Waals surface area (Å²) in [5, 5.41) is -0.284. The summed E-state index contributed by atoms with van der Waals surface area (Å²) >= 11 is 11.3. The van der Waals surface area contributed by atoms with Crippen molar-refractivity contribution in [3.05, 3.63) is 0 Å². The Hall–Kier alpha value is 0.467. The van der Waals surface area contributed by atoms with Crippen LogP contribution in [0.3, 0.4) is 0 Å². The second kappa shape index (κ2) is 3.74. The van der Waals surface area contributed by atoms with Gasteiger partial charge in [0, 0.05) is 6.42 Å². The highest BCUT2D eigenvalue weighted by Gasteiger charge is 2.26. The number of hydrogen-bond acceptors (Lipinski definition) is 1. The average Bonchev–Trinajstić information content (AvgIpc) is 1.60. The van der Waals surface area contributed by atoms with Crippen molar-refractivity contribution < 1.29 is 4.79 Å². The van der Waals surface area contributed by atoms with Crippen LogP contribution in [0.25, 0.3) is 0 Å². The molecular weight excluding hydrogens is 187 g/mol. The molecule has 0 saturated heterocycles. The van der Waals surface area contributed by atoms with Gasteiger partial charge in [0.05, 0.1) is 0 Å². The van der Waals surface area contributed by atoms with Crippen LogP contribution in [0.5, 0.6) is 0 Å². The molecule has 1 nitrogen and oxygen atoms in total. The lowest BCUT2D eigenvalue weighted by molar-refractivity contribution is -0.111. The zero-order valence-corrected chi connectivity index (χ0v) is 8.96. The first-order valence-corrected chi connectivity index (χ1v) is 7.68. The number of halogens is 2. The van der Waals surface area contributed by atoms with Crippen molar-refractivity contribution in [3.8, 4) is 0 Å². The molecule has 0 radical (unpaired) electrons. The molecule has 1 unspecified atom stereocenters. The highest BCUT2D eigenvalue weighted by Crippen LogP contribution is 2.28. The van der Waals surface area contributed by atoms with E-state index in [0.29, 0.717) is 6.42 Å². The summed E-state index contributed by atoms with van der Waals surface area (Å²) in [7, 11) is -1.66. The third-order valence-electron chi connectivity index (χ3n) is 1.64. The molecular formula is C6H12Cl2OSi. The monoisotopic (exact) mass is 198 g/mol. The van der Waals surface area contributed by atoms with Gasteiger partial charge >= 0.3 is 0 Å². The second-order valence-electron chi connectivity index (χ2n) is 3.02. The maximum absolute atomic E-state index is 10.4. The van der Waals surface area contributed by atoms with Crippen LogP contribution in [0, 0.1) is 0 Å². The summed E-state index contributed by atoms with van der Waals surface area (Å²) in [5.74, 6) is 0. The molecule has 0 aliphatic carbocycles. The number of hydrogen-bond donors (Lipinski definition) is 0. The van der Waals surface area contributed by atoms with Gasteiger partial charge in [-0.05, 0) is 17.1 Å². The van der Waals surface area contributed by atoms with E-state index in [4.69, 9.17) is 22.7 Å². The summed E-state index contributed by atoms with van der Waals surface area (Å²) in [5.41, 5.74) is 0.263. The first kappa shape index (κ1) is 10.5. The minimum atomic E-state index is -1.66. The average molecular weight is 199 g/mol. The smallest absolute Gasteiger partial charge is 0.221 e. The highest BCUT2D eigenvalue weighted by molar-refractivity contribution is 7.19. The van der Waals surface area contributed by atoms with Crippen LogP contribution >= 0.6 is 22.7 Å². The summed E-state index contributed by atoms with van der Waals surface area (Å²) < 4.78 is 0. The quantitative estimate of drug-likeness (QED) is 0.388. The molecule has 0 fully saturated rings. The minimum absolute atomic E-state index is 0.263. The standard InChI is InChI=1S/C6H12Cl2OSi/c1-5(4-6(7)9)10(2,3)8/h5H,4H2,1-3H3. The van der Waals surface area contributed by atoms with E-state index in [-0.39, 0.29) is 10.8 Å². The van der Waals surface area contributed by atoms with Crippen molar-refractivity contribution >= 4 is 35.3 Å². The zero-order valence-electron chi connectivity index (χ0n) is 6.45. The van der Waals surface area contributed by atoms with Crippen LogP contribution < -0.4 is 0 Å². The van der Waals surface area contributed by atoms with Gasteiger partial charge in [-0.2, -0.15) is 11.1 Å². The number of rotatable bonds is 3. The second-order valence-corrected chi connectivity index (χ2v) is 10.5. The maximum atomic E-state index is 10.4. The molecule has 10 heavy (non-hydrogen) atoms. The summed E-state index contributed by atoms with van der Waals surface area (Å²) in [4.78, 5) is 10.4. The van der Waals surface area contributed by atoms with E-state index in [1.165, 1.54) is 0 Å². The van der Waals surface area contributed by atoms with Crippen molar-refractivity contribution in [1.82, 2.24) is 0 Å². The largest absolute Gasteiger partial charge is 0.281 e. The molecule has 0 aliphatic heterocycles. The van der Waals surface area contributed by atoms with Gasteiger partial charge in [-0.25, -0.2) is 0 Å². The van der Waals surface area contributed by atoms with E-state index in [9.17, 15) is 4.79 Å². The predicted octanol–water partition coefficient (Wildman–Crippen LogP) is 2.98. The molecule has 60 valence electrons. The topological polar surface area (TPSA) is 17.1 Å². The van der Waals surface area contributed by atoms with Crippen LogP contribution in [0.2, 0.25) is 18.6 Å². The van der Waals surface area contributed by atoms with E-state index >= 15 is 0 Å². The van der Waals surface area contributed by atoms with E-state index in [2.05, 4.69) is 0 Å². The summed E-state index contributed by atoms with van der Waals surface area (Å²) in [6.45, 7) is 6.00. The van der Waals surface area contributed by atoms with Crippen molar-refractivity contribution in [2.75, 3.05) is 0 Å². The fraction of sp³-hybridized carbons (Fsp3) is 0.833. The van der Waals surface area contributed by atoms with Gasteiger partial charge in [0.1, 0.15) is 0 Å². The van der Waals surface area contributed by atoms with Gasteiger partial charge in [-0.15, -0.1) is 0 Å². The van der Waals surface area contributed by atoms with Gasteiger partial charge in [-0.1, -0.05) is 20.0 Å². The Balaban J connectivity index is 3.85. The Kier molecular flexibility index (Phi) is 3.92. The molecule has 0 aromatic rings. The normalized spacial score (nSPS) is 14.9. The molecule has 4 heteroatoms. The maximum Gasteiger partial charge on any atom is 0.221 e. The van der Waals surface area contributed by atoms with E-state index in [0.717, 1.165) is 0 Å². The minimum Gasteiger partial charge on any atom is -0.281 e. The van der Waals surface area contributed by atoms with E-state index < -0.39 is 7.38 Å². The summed E-state index contributed by atoms with van der Waals surface area (Å²) in [6, 6.07) is 0. The van der Waals surface area contributed by atoms with Crippen LogP contribution in [0.4, 0.5) is 0 Å². The van der Waals surface area contributed by atoms with Gasteiger partial charge < -0.3 is 0 Å². The van der Waals surface area contributed by atoms with Gasteiger partial charge in [0.15, 0.2) is 7.38 Å². The lowest BCUT2D eigenvalue weighted by atomic mass is 10.4. The molecule has 0 aliphatic rings. The SMILES string of the molecule is CC(CC(=O)Cl)[Si](C)(C)Cl. The van der Waals surface area contributed by atoms with Crippen molar-refractivity contribution in [2.24, 2.45) is 0 Å². The molecule has 0 aromatic carbocycles. The third-order valence-corrected chi connectivity index (χ3v) is 5.46. The Bertz CT molecular complexity index is 130. The van der Waals surface area contributed by atoms with Crippen LogP contribution in [0.1, 0.15) is 13.3 Å². The molecule has 0 bridgehead atoms. The van der Waals surface area contributed by atoms with E-state index in [1.54, 1.807) is 0 Å². The molecule has 0 rings (SSSR count). The highest BCUT2D eigenvalue weighted by atomic mass is 35.6. The first-order valence-electron chi connectivity index (χ1n) is 3.21. The zero-order chi connectivity index (χ0) is 8.36. The Morgan fingerprint density at radius 1 is 1.60 bits per heavy atom. The lowest BCUT2D eigenvalue weighted by Gasteiger charge is -2.19. The molecule has 0 N–H and O–H groups in total. The van der Waals surface area contributed by atoms with Gasteiger partial charge in [0.2, 0.25) is 5.24 Å². The molecule has 0 amide bonds. The first-order chi connectivity index (χ1) is 4.34. The Morgan fingerprint density at radius 3 is 2.10 bits per heavy atom. The van der Waals surface area contributed by atoms with Gasteiger partial charge in [0.25, 0.3) is 0 Å². The van der Waals surface area contributed by atoms with Crippen molar-refractivity contribution in [1.29, 1.82) is 0 Å². The lowest BCUT2D eigenvalue weighted by Crippen LogP contribution is -2.24. The Labute approximate surface area is 72.4 Å². The summed E-state index contributed by atoms with van der Waals surface area (Å²) in [6.07, 6.45) is 0.407. The molecule has 0 spiro atoms. The van der Waals surface area contributed by atoms with Gasteiger partial charge in [-0.3, -0.25) is 4.79 Å². The third kappa shape index (κ3) is 4.31. The Morgan fingerprint density at radius 2 is 2.00 bits per heavy atom. The fourth-order valence-corrected chi connectivity index (χ4v) is 1.75. The molecule has 1 atom stereocenters. The van der Waals surface area contributed by atoms with E-state index in [1.807, 2.05) is 20.0 Å². The van der Waals surface area contributed by atoms with Crippen molar-refractivity contribution in [2.45, 2.75) is 32.0 Å². The predicted molar refractivity (Wildman–Crippen MR) is 48.2 cm³/mol. The number of carbonyl (C=O) groups excluding carboxylic acids is 1. The number of carbonyl (C=O) groups is 1.